The number of phenolic OH excluding ortho intramolecular Hbond substituents is 1. The summed E-state index contributed by atoms with van der Waals surface area (Å²) in [6.07, 6.45) is 3.84. The van der Waals surface area contributed by atoms with Gasteiger partial charge >= 0.3 is 11.7 Å². The van der Waals surface area contributed by atoms with E-state index >= 15 is 0 Å². The third-order valence-electron chi connectivity index (χ3n) is 4.87. The number of nitrogens with one attached hydrogen (secondary N) is 1. The van der Waals surface area contributed by atoms with Crippen molar-refractivity contribution in [3.05, 3.63) is 57.3 Å². The van der Waals surface area contributed by atoms with E-state index in [0.717, 1.165) is 0 Å². The number of aromatic hydroxyl groups is 1. The van der Waals surface area contributed by atoms with Gasteiger partial charge in [-0.15, -0.1) is 0 Å². The summed E-state index contributed by atoms with van der Waals surface area (Å²) in [5.41, 5.74) is 0.770. The van der Waals surface area contributed by atoms with Crippen molar-refractivity contribution in [2.24, 2.45) is 5.92 Å². The van der Waals surface area contributed by atoms with Crippen LogP contribution in [-0.2, 0) is 14.3 Å². The predicted molar refractivity (Wildman–Crippen MR) is 91.4 cm³/mol. The van der Waals surface area contributed by atoms with Crippen molar-refractivity contribution in [3.63, 3.8) is 0 Å². The molecule has 0 unspecified atom stereocenters. The van der Waals surface area contributed by atoms with Crippen molar-refractivity contribution in [1.29, 1.82) is 0 Å². The normalized spacial score (nSPS) is 24.7. The fourth-order valence-corrected chi connectivity index (χ4v) is 3.74. The Kier molecular flexibility index (Phi) is 4.50. The van der Waals surface area contributed by atoms with Crippen LogP contribution in [0, 0.1) is 16.0 Å². The Hall–Kier alpha value is -3.16. The summed E-state index contributed by atoms with van der Waals surface area (Å²) < 4.78 is 4.88. The number of ketones is 1. The average Bonchev–Trinajstić information content (AvgIpc) is 2.60. The largest absolute Gasteiger partial charge is 0.502 e. The number of esters is 1. The van der Waals surface area contributed by atoms with E-state index in [4.69, 9.17) is 4.74 Å². The van der Waals surface area contributed by atoms with Crippen LogP contribution in [0.15, 0.2) is 41.6 Å². The summed E-state index contributed by atoms with van der Waals surface area (Å²) in [4.78, 5) is 35.5. The second kappa shape index (κ2) is 6.62. The Morgan fingerprint density at radius 2 is 2.15 bits per heavy atom. The second-order valence-corrected chi connectivity index (χ2v) is 6.33. The number of hydrogen-bond donors (Lipinski definition) is 2. The highest BCUT2D eigenvalue weighted by atomic mass is 16.6. The fourth-order valence-electron chi connectivity index (χ4n) is 3.74. The molecule has 1 aliphatic heterocycles. The van der Waals surface area contributed by atoms with Gasteiger partial charge in [0.05, 0.1) is 23.5 Å². The maximum atomic E-state index is 12.6. The molecule has 1 heterocycles. The van der Waals surface area contributed by atoms with Crippen LogP contribution < -0.4 is 5.32 Å². The third kappa shape index (κ3) is 2.83. The number of hydrogen-bond acceptors (Lipinski definition) is 7. The number of phenols is 1. The first-order valence-corrected chi connectivity index (χ1v) is 8.08. The van der Waals surface area contributed by atoms with Crippen molar-refractivity contribution in [2.45, 2.75) is 25.3 Å². The zero-order valence-electron chi connectivity index (χ0n) is 14.3. The molecule has 8 nitrogen and oxygen atoms in total. The maximum absolute atomic E-state index is 12.6. The molecule has 2 N–H and O–H groups in total. The summed E-state index contributed by atoms with van der Waals surface area (Å²) in [7, 11) is 1.24. The molecule has 3 atom stereocenters. The van der Waals surface area contributed by atoms with Crippen LogP contribution in [0.25, 0.3) is 0 Å². The zero-order valence-corrected chi connectivity index (χ0v) is 14.3. The molecule has 136 valence electrons. The Balaban J connectivity index is 2.21. The number of carbonyl (C=O) groups excluding carboxylic acids is 2. The molecule has 0 radical (unpaired) electrons. The number of fused-ring (bicyclic) bond motifs is 1. The van der Waals surface area contributed by atoms with Gasteiger partial charge in [0.15, 0.2) is 11.5 Å². The number of nitrogens with zero attached hydrogens (tertiary/aromatic N) is 1. The molecule has 0 spiro atoms. The average molecular weight is 358 g/mol. The van der Waals surface area contributed by atoms with E-state index in [1.807, 2.05) is 0 Å². The van der Waals surface area contributed by atoms with Crippen LogP contribution in [0.2, 0.25) is 0 Å². The third-order valence-corrected chi connectivity index (χ3v) is 4.87. The van der Waals surface area contributed by atoms with Gasteiger partial charge in [-0.1, -0.05) is 12.1 Å². The molecule has 8 heteroatoms. The van der Waals surface area contributed by atoms with Crippen LogP contribution in [0.5, 0.6) is 5.75 Å². The summed E-state index contributed by atoms with van der Waals surface area (Å²) in [5.74, 6) is -2.54. The van der Waals surface area contributed by atoms with E-state index in [2.05, 4.69) is 5.32 Å². The highest BCUT2D eigenvalue weighted by molar-refractivity contribution is 5.98. The molecule has 0 amide bonds. The lowest BCUT2D eigenvalue weighted by Crippen LogP contribution is -2.49. The van der Waals surface area contributed by atoms with Gasteiger partial charge in [0.2, 0.25) is 0 Å². The molecule has 0 saturated heterocycles. The van der Waals surface area contributed by atoms with Gasteiger partial charge in [-0.3, -0.25) is 14.9 Å². The monoisotopic (exact) mass is 358 g/mol. The smallest absolute Gasteiger partial charge is 0.336 e. The van der Waals surface area contributed by atoms with Gasteiger partial charge in [-0.25, -0.2) is 4.79 Å². The van der Waals surface area contributed by atoms with Gasteiger partial charge < -0.3 is 15.2 Å². The standard InChI is InChI=1S/C18H18N2O6/c1-9-15(18(23)26-2)16(17-11(19-9)4-3-5-14(17)22)10-6-7-13(21)12(8-10)20(24)25/h3,5-8,11,16-17,19,21H,4H2,1-2H3/t11-,16+,17+/m1/s1. The molecule has 1 aromatic carbocycles. The fraction of sp³-hybridized carbons (Fsp3) is 0.333. The predicted octanol–water partition coefficient (Wildman–Crippen LogP) is 1.95. The second-order valence-electron chi connectivity index (χ2n) is 6.33. The summed E-state index contributed by atoms with van der Waals surface area (Å²) >= 11 is 0. The van der Waals surface area contributed by atoms with E-state index in [9.17, 15) is 24.8 Å². The number of methoxy groups -OCH3 is 1. The van der Waals surface area contributed by atoms with Gasteiger partial charge in [-0.05, 0) is 31.1 Å². The number of ether oxygens (including phenoxy) is 1. The van der Waals surface area contributed by atoms with Gasteiger partial charge in [0.25, 0.3) is 0 Å². The van der Waals surface area contributed by atoms with Crippen molar-refractivity contribution in [3.8, 4) is 5.75 Å². The summed E-state index contributed by atoms with van der Waals surface area (Å²) in [6.45, 7) is 1.72. The Morgan fingerprint density at radius 1 is 1.42 bits per heavy atom. The minimum Gasteiger partial charge on any atom is -0.502 e. The van der Waals surface area contributed by atoms with Gasteiger partial charge in [0, 0.05) is 23.7 Å². The zero-order chi connectivity index (χ0) is 19.0. The maximum Gasteiger partial charge on any atom is 0.336 e. The van der Waals surface area contributed by atoms with Crippen LogP contribution in [0.4, 0.5) is 5.69 Å². The number of nitro benzene ring substituents is 1. The highest BCUT2D eigenvalue weighted by Gasteiger charge is 2.45. The molecule has 0 fully saturated rings. The SMILES string of the molecule is COC(=O)C1=C(C)N[C@@H]2CC=CC(=O)[C@H]2[C@H]1c1ccc(O)c([N+](=O)[O-])c1. The molecular weight excluding hydrogens is 340 g/mol. The first-order valence-electron chi connectivity index (χ1n) is 8.08. The molecule has 0 saturated carbocycles. The van der Waals surface area contributed by atoms with Crippen LogP contribution in [-0.4, -0.2) is 34.9 Å². The molecule has 3 rings (SSSR count). The van der Waals surface area contributed by atoms with Crippen molar-refractivity contribution >= 4 is 17.4 Å². The van der Waals surface area contributed by atoms with Crippen LogP contribution in [0.1, 0.15) is 24.8 Å². The minimum absolute atomic E-state index is 0.164. The first-order chi connectivity index (χ1) is 12.3. The lowest BCUT2D eigenvalue weighted by molar-refractivity contribution is -0.385. The Labute approximate surface area is 149 Å². The lowest BCUT2D eigenvalue weighted by Gasteiger charge is -2.40. The number of allylic oxidation sites excluding steroid dienone is 2. The van der Waals surface area contributed by atoms with Crippen LogP contribution in [0.3, 0.4) is 0 Å². The molecule has 0 aromatic heterocycles. The highest BCUT2D eigenvalue weighted by Crippen LogP contribution is 2.44. The number of rotatable bonds is 3. The Bertz CT molecular complexity index is 857. The number of carbonyl (C=O) groups is 2. The molecule has 26 heavy (non-hydrogen) atoms. The van der Waals surface area contributed by atoms with Crippen molar-refractivity contribution in [2.75, 3.05) is 7.11 Å². The summed E-state index contributed by atoms with van der Waals surface area (Å²) in [6, 6.07) is 3.69. The Morgan fingerprint density at radius 3 is 2.81 bits per heavy atom. The van der Waals surface area contributed by atoms with E-state index in [1.165, 1.54) is 31.4 Å². The van der Waals surface area contributed by atoms with Gasteiger partial charge in [-0.2, -0.15) is 0 Å². The lowest BCUT2D eigenvalue weighted by atomic mass is 9.69. The van der Waals surface area contributed by atoms with E-state index < -0.39 is 34.2 Å². The minimum atomic E-state index is -0.703. The van der Waals surface area contributed by atoms with Crippen molar-refractivity contribution < 1.29 is 24.4 Å². The quantitative estimate of drug-likeness (QED) is 0.481. The molecule has 1 aromatic rings. The van der Waals surface area contributed by atoms with Crippen LogP contribution >= 0.6 is 0 Å². The first kappa shape index (κ1) is 17.7. The molecule has 0 bridgehead atoms. The molecule has 2 aliphatic rings. The number of benzene rings is 1. The van der Waals surface area contributed by atoms with Crippen molar-refractivity contribution in [1.82, 2.24) is 5.32 Å². The van der Waals surface area contributed by atoms with E-state index in [1.54, 1.807) is 13.0 Å². The number of nitro groups is 1. The molecular formula is C18H18N2O6. The summed E-state index contributed by atoms with van der Waals surface area (Å²) in [5, 5.41) is 24.1. The van der Waals surface area contributed by atoms with Gasteiger partial charge in [0.1, 0.15) is 0 Å². The molecule has 1 aliphatic carbocycles. The topological polar surface area (TPSA) is 119 Å². The van der Waals surface area contributed by atoms with E-state index in [0.29, 0.717) is 17.7 Å². The van der Waals surface area contributed by atoms with E-state index in [-0.39, 0.29) is 17.4 Å².